The molecule has 1 aliphatic carbocycles. The zero-order valence-electron chi connectivity index (χ0n) is 16.4. The van der Waals surface area contributed by atoms with Crippen molar-refractivity contribution in [2.75, 3.05) is 13.2 Å². The van der Waals surface area contributed by atoms with Crippen LogP contribution >= 0.6 is 0 Å². The van der Waals surface area contributed by atoms with Crippen molar-refractivity contribution in [2.45, 2.75) is 91.4 Å². The number of hydrogen-bond donors (Lipinski definition) is 0. The molecule has 4 heteroatoms. The fourth-order valence-electron chi connectivity index (χ4n) is 3.38. The second kappa shape index (κ2) is 13.0. The molecule has 1 rings (SSSR count). The van der Waals surface area contributed by atoms with E-state index in [4.69, 9.17) is 9.47 Å². The van der Waals surface area contributed by atoms with Gasteiger partial charge in [-0.1, -0.05) is 52.9 Å². The van der Waals surface area contributed by atoms with Gasteiger partial charge in [0.25, 0.3) is 0 Å². The molecule has 25 heavy (non-hydrogen) atoms. The minimum atomic E-state index is -0.313. The van der Waals surface area contributed by atoms with Gasteiger partial charge in [-0.2, -0.15) is 0 Å². The van der Waals surface area contributed by atoms with E-state index >= 15 is 0 Å². The van der Waals surface area contributed by atoms with Crippen molar-refractivity contribution < 1.29 is 19.1 Å². The Kier molecular flexibility index (Phi) is 11.3. The second-order valence-corrected chi connectivity index (χ2v) is 6.96. The summed E-state index contributed by atoms with van der Waals surface area (Å²) in [4.78, 5) is 25.4. The first-order valence-corrected chi connectivity index (χ1v) is 10.2. The first-order chi connectivity index (χ1) is 12.2. The summed E-state index contributed by atoms with van der Waals surface area (Å²) in [5, 5.41) is 0. The highest BCUT2D eigenvalue weighted by atomic mass is 16.5. The lowest BCUT2D eigenvalue weighted by molar-refractivity contribution is -0.143. The minimum absolute atomic E-state index is 0.143. The molecule has 0 bridgehead atoms. The third-order valence-corrected chi connectivity index (χ3v) is 4.71. The van der Waals surface area contributed by atoms with E-state index in [1.165, 1.54) is 6.42 Å². The summed E-state index contributed by atoms with van der Waals surface area (Å²) < 4.78 is 10.8. The Morgan fingerprint density at radius 2 is 1.40 bits per heavy atom. The van der Waals surface area contributed by atoms with Crippen molar-refractivity contribution in [1.82, 2.24) is 0 Å². The van der Waals surface area contributed by atoms with Gasteiger partial charge in [0.2, 0.25) is 0 Å². The van der Waals surface area contributed by atoms with E-state index in [0.29, 0.717) is 30.8 Å². The van der Waals surface area contributed by atoms with Gasteiger partial charge in [0.05, 0.1) is 18.8 Å². The van der Waals surface area contributed by atoms with Crippen LogP contribution in [-0.4, -0.2) is 25.2 Å². The lowest BCUT2D eigenvalue weighted by atomic mass is 9.80. The lowest BCUT2D eigenvalue weighted by Gasteiger charge is -2.25. The van der Waals surface area contributed by atoms with E-state index in [-0.39, 0.29) is 17.9 Å². The normalized spacial score (nSPS) is 16.3. The molecular formula is C21H36O4. The summed E-state index contributed by atoms with van der Waals surface area (Å²) in [5.41, 5.74) is 1.19. The minimum Gasteiger partial charge on any atom is -0.462 e. The van der Waals surface area contributed by atoms with Crippen LogP contribution in [0.25, 0.3) is 0 Å². The number of ether oxygens (including phenoxy) is 2. The van der Waals surface area contributed by atoms with Gasteiger partial charge in [-0.05, 0) is 44.4 Å². The van der Waals surface area contributed by atoms with Gasteiger partial charge in [0.15, 0.2) is 0 Å². The first kappa shape index (κ1) is 21.7. The van der Waals surface area contributed by atoms with E-state index in [0.717, 1.165) is 57.8 Å². The molecule has 0 aromatic rings. The van der Waals surface area contributed by atoms with Crippen molar-refractivity contribution in [3.8, 4) is 0 Å². The van der Waals surface area contributed by atoms with E-state index in [1.54, 1.807) is 0 Å². The van der Waals surface area contributed by atoms with Crippen LogP contribution in [0, 0.1) is 5.92 Å². The van der Waals surface area contributed by atoms with Gasteiger partial charge < -0.3 is 9.47 Å². The van der Waals surface area contributed by atoms with Crippen molar-refractivity contribution >= 4 is 11.9 Å². The monoisotopic (exact) mass is 352 g/mol. The van der Waals surface area contributed by atoms with Crippen molar-refractivity contribution in [1.29, 1.82) is 0 Å². The van der Waals surface area contributed by atoms with Crippen LogP contribution < -0.4 is 0 Å². The molecule has 144 valence electrons. The Bertz CT molecular complexity index is 433. The second-order valence-electron chi connectivity index (χ2n) is 6.96. The van der Waals surface area contributed by atoms with Crippen molar-refractivity contribution in [2.24, 2.45) is 5.92 Å². The highest BCUT2D eigenvalue weighted by molar-refractivity contribution is 6.00. The largest absolute Gasteiger partial charge is 0.462 e. The third kappa shape index (κ3) is 7.62. The van der Waals surface area contributed by atoms with E-state index < -0.39 is 0 Å². The average Bonchev–Trinajstić information content (AvgIpc) is 2.64. The van der Waals surface area contributed by atoms with Crippen LogP contribution in [0.4, 0.5) is 0 Å². The molecule has 0 saturated heterocycles. The van der Waals surface area contributed by atoms with Gasteiger partial charge in [-0.25, -0.2) is 9.59 Å². The Hall–Kier alpha value is -1.32. The molecule has 0 unspecified atom stereocenters. The molecule has 1 aliphatic rings. The summed E-state index contributed by atoms with van der Waals surface area (Å²) in [6, 6.07) is 0. The predicted octanol–water partition coefficient (Wildman–Crippen LogP) is 5.35. The Morgan fingerprint density at radius 3 is 1.96 bits per heavy atom. The number of rotatable bonds is 11. The predicted molar refractivity (Wildman–Crippen MR) is 100 cm³/mol. The zero-order chi connectivity index (χ0) is 18.5. The quantitative estimate of drug-likeness (QED) is 0.286. The summed E-state index contributed by atoms with van der Waals surface area (Å²) in [6.07, 6.45) is 10.6. The topological polar surface area (TPSA) is 52.6 Å². The van der Waals surface area contributed by atoms with Crippen molar-refractivity contribution in [3.05, 3.63) is 11.1 Å². The summed E-state index contributed by atoms with van der Waals surface area (Å²) in [5.74, 6) is -0.468. The van der Waals surface area contributed by atoms with Gasteiger partial charge in [0.1, 0.15) is 0 Å². The highest BCUT2D eigenvalue weighted by Crippen LogP contribution is 2.34. The average molecular weight is 353 g/mol. The molecule has 0 spiro atoms. The van der Waals surface area contributed by atoms with Crippen LogP contribution in [0.15, 0.2) is 11.1 Å². The molecule has 0 aliphatic heterocycles. The number of carbonyl (C=O) groups excluding carboxylic acids is 2. The molecular weight excluding hydrogens is 316 g/mol. The first-order valence-electron chi connectivity index (χ1n) is 10.2. The molecule has 4 nitrogen and oxygen atoms in total. The fraction of sp³-hybridized carbons (Fsp3) is 0.810. The van der Waals surface area contributed by atoms with Gasteiger partial charge in [-0.3, -0.25) is 0 Å². The number of carbonyl (C=O) groups is 2. The molecule has 1 fully saturated rings. The molecule has 0 amide bonds. The lowest BCUT2D eigenvalue weighted by Crippen LogP contribution is -2.24. The van der Waals surface area contributed by atoms with Crippen LogP contribution in [0.3, 0.4) is 0 Å². The molecule has 0 radical (unpaired) electrons. The van der Waals surface area contributed by atoms with Crippen LogP contribution in [0.2, 0.25) is 0 Å². The summed E-state index contributed by atoms with van der Waals surface area (Å²) in [6.45, 7) is 6.90. The maximum atomic E-state index is 12.8. The van der Waals surface area contributed by atoms with E-state index in [1.807, 2.05) is 13.8 Å². The van der Waals surface area contributed by atoms with E-state index in [2.05, 4.69) is 6.92 Å². The van der Waals surface area contributed by atoms with Gasteiger partial charge in [-0.15, -0.1) is 0 Å². The van der Waals surface area contributed by atoms with Crippen LogP contribution in [-0.2, 0) is 19.1 Å². The van der Waals surface area contributed by atoms with Gasteiger partial charge >= 0.3 is 11.9 Å². The molecule has 0 atom stereocenters. The molecule has 0 aromatic carbocycles. The Labute approximate surface area is 153 Å². The molecule has 0 N–H and O–H groups in total. The summed E-state index contributed by atoms with van der Waals surface area (Å²) in [7, 11) is 0. The SMILES string of the molecule is CCCCCC(C(=O)OCCC)=C(C(=O)OCCC)C1CCCCC1. The third-order valence-electron chi connectivity index (χ3n) is 4.71. The molecule has 1 saturated carbocycles. The Balaban J connectivity index is 3.12. The fourth-order valence-corrected chi connectivity index (χ4v) is 3.38. The maximum absolute atomic E-state index is 12.8. The number of unbranched alkanes of at least 4 members (excludes halogenated alkanes) is 2. The van der Waals surface area contributed by atoms with Crippen molar-refractivity contribution in [3.63, 3.8) is 0 Å². The highest BCUT2D eigenvalue weighted by Gasteiger charge is 2.30. The smallest absolute Gasteiger partial charge is 0.334 e. The zero-order valence-corrected chi connectivity index (χ0v) is 16.4. The molecule has 0 heterocycles. The molecule has 0 aromatic heterocycles. The summed E-state index contributed by atoms with van der Waals surface area (Å²) >= 11 is 0. The van der Waals surface area contributed by atoms with Gasteiger partial charge in [0, 0.05) is 5.57 Å². The number of esters is 2. The maximum Gasteiger partial charge on any atom is 0.334 e. The van der Waals surface area contributed by atoms with E-state index in [9.17, 15) is 9.59 Å². The number of hydrogen-bond acceptors (Lipinski definition) is 4. The van der Waals surface area contributed by atoms with Crippen LogP contribution in [0.1, 0.15) is 91.4 Å². The standard InChI is InChI=1S/C21H36O4/c1-4-7-9-14-18(20(22)24-15-5-2)19(21(23)25-16-6-3)17-12-10-8-11-13-17/h17H,4-16H2,1-3H3. The van der Waals surface area contributed by atoms with Crippen LogP contribution in [0.5, 0.6) is 0 Å². The Morgan fingerprint density at radius 1 is 0.800 bits per heavy atom.